The van der Waals surface area contributed by atoms with Crippen molar-refractivity contribution < 1.29 is 4.74 Å². The van der Waals surface area contributed by atoms with Gasteiger partial charge >= 0.3 is 0 Å². The van der Waals surface area contributed by atoms with Crippen LogP contribution in [0.4, 0.5) is 0 Å². The van der Waals surface area contributed by atoms with Crippen molar-refractivity contribution >= 4 is 27.5 Å². The van der Waals surface area contributed by atoms with Gasteiger partial charge in [0.05, 0.1) is 4.47 Å². The molecule has 0 saturated carbocycles. The van der Waals surface area contributed by atoms with Crippen LogP contribution in [0.2, 0.25) is 5.02 Å². The Morgan fingerprint density at radius 1 is 1.50 bits per heavy atom. The summed E-state index contributed by atoms with van der Waals surface area (Å²) in [4.78, 5) is 0. The summed E-state index contributed by atoms with van der Waals surface area (Å²) in [6.07, 6.45) is 1.34. The zero-order chi connectivity index (χ0) is 11.7. The molecule has 0 bridgehead atoms. The fourth-order valence-corrected chi connectivity index (χ4v) is 2.56. The Morgan fingerprint density at radius 2 is 2.25 bits per heavy atom. The number of hydrogen-bond acceptors (Lipinski definition) is 2. The van der Waals surface area contributed by atoms with Crippen molar-refractivity contribution in [1.29, 1.82) is 0 Å². The van der Waals surface area contributed by atoms with Crippen LogP contribution in [0.3, 0.4) is 0 Å². The fourth-order valence-electron chi connectivity index (χ4n) is 1.89. The lowest BCUT2D eigenvalue weighted by molar-refractivity contribution is 0.221. The van der Waals surface area contributed by atoms with Gasteiger partial charge in [0.2, 0.25) is 0 Å². The molecule has 88 valence electrons. The fraction of sp³-hybridized carbons (Fsp3) is 0.500. The van der Waals surface area contributed by atoms with Crippen molar-refractivity contribution in [3.63, 3.8) is 0 Å². The Hall–Kier alpha value is -0.250. The van der Waals surface area contributed by atoms with Crippen LogP contribution >= 0.6 is 27.5 Å². The molecule has 0 radical (unpaired) electrons. The lowest BCUT2D eigenvalue weighted by Gasteiger charge is -2.17. The topological polar surface area (TPSA) is 21.3 Å². The summed E-state index contributed by atoms with van der Waals surface area (Å²) in [5.74, 6) is 0.896. The van der Waals surface area contributed by atoms with Gasteiger partial charge in [-0.15, -0.1) is 0 Å². The van der Waals surface area contributed by atoms with Gasteiger partial charge in [-0.25, -0.2) is 0 Å². The molecular weight excluding hydrogens is 289 g/mol. The summed E-state index contributed by atoms with van der Waals surface area (Å²) in [6, 6.07) is 2.00. The monoisotopic (exact) mass is 303 g/mol. The average molecular weight is 305 g/mol. The maximum atomic E-state index is 6.17. The van der Waals surface area contributed by atoms with E-state index in [2.05, 4.69) is 21.2 Å². The highest BCUT2D eigenvalue weighted by Crippen LogP contribution is 2.36. The highest BCUT2D eigenvalue weighted by Gasteiger charge is 2.19. The number of nitrogens with one attached hydrogen (secondary N) is 1. The van der Waals surface area contributed by atoms with E-state index in [-0.39, 0.29) is 6.10 Å². The summed E-state index contributed by atoms with van der Waals surface area (Å²) in [5, 5.41) is 4.10. The Kier molecular flexibility index (Phi) is 3.77. The van der Waals surface area contributed by atoms with E-state index in [9.17, 15) is 0 Å². The first-order valence-electron chi connectivity index (χ1n) is 5.42. The highest BCUT2D eigenvalue weighted by molar-refractivity contribution is 9.10. The summed E-state index contributed by atoms with van der Waals surface area (Å²) >= 11 is 9.72. The predicted molar refractivity (Wildman–Crippen MR) is 70.5 cm³/mol. The third kappa shape index (κ3) is 2.36. The first-order chi connectivity index (χ1) is 7.59. The minimum atomic E-state index is 0.274. The molecule has 1 saturated heterocycles. The van der Waals surface area contributed by atoms with Gasteiger partial charge in [0, 0.05) is 11.6 Å². The molecule has 0 amide bonds. The highest BCUT2D eigenvalue weighted by atomic mass is 79.9. The molecule has 0 aromatic heterocycles. The van der Waals surface area contributed by atoms with Gasteiger partial charge in [0.25, 0.3) is 0 Å². The zero-order valence-electron chi connectivity index (χ0n) is 9.44. The van der Waals surface area contributed by atoms with E-state index in [0.29, 0.717) is 0 Å². The van der Waals surface area contributed by atoms with Crippen molar-refractivity contribution in [3.05, 3.63) is 26.7 Å². The number of halogens is 2. The molecule has 1 aromatic carbocycles. The van der Waals surface area contributed by atoms with E-state index < -0.39 is 0 Å². The SMILES string of the molecule is Cc1cc(O[C@H]2CCNC2)c(Br)c(C)c1Cl. The van der Waals surface area contributed by atoms with Gasteiger partial charge in [-0.3, -0.25) is 0 Å². The van der Waals surface area contributed by atoms with E-state index in [0.717, 1.165) is 45.9 Å². The summed E-state index contributed by atoms with van der Waals surface area (Å²) in [5.41, 5.74) is 2.10. The summed E-state index contributed by atoms with van der Waals surface area (Å²) < 4.78 is 6.92. The van der Waals surface area contributed by atoms with Crippen LogP contribution in [-0.2, 0) is 0 Å². The molecule has 0 unspecified atom stereocenters. The first-order valence-corrected chi connectivity index (χ1v) is 6.59. The zero-order valence-corrected chi connectivity index (χ0v) is 11.8. The summed E-state index contributed by atoms with van der Waals surface area (Å²) in [7, 11) is 0. The third-order valence-electron chi connectivity index (χ3n) is 2.88. The van der Waals surface area contributed by atoms with Gasteiger partial charge in [-0.2, -0.15) is 0 Å². The molecule has 1 aliphatic rings. The maximum absolute atomic E-state index is 6.17. The van der Waals surface area contributed by atoms with E-state index in [1.54, 1.807) is 0 Å². The maximum Gasteiger partial charge on any atom is 0.134 e. The molecule has 1 atom stereocenters. The van der Waals surface area contributed by atoms with Gasteiger partial charge in [0.15, 0.2) is 0 Å². The second-order valence-electron chi connectivity index (χ2n) is 4.18. The Balaban J connectivity index is 2.26. The molecule has 1 aromatic rings. The molecule has 0 spiro atoms. The van der Waals surface area contributed by atoms with Crippen LogP contribution < -0.4 is 10.1 Å². The van der Waals surface area contributed by atoms with E-state index in [1.807, 2.05) is 19.9 Å². The van der Waals surface area contributed by atoms with Crippen LogP contribution in [0, 0.1) is 13.8 Å². The quantitative estimate of drug-likeness (QED) is 0.903. The molecule has 1 fully saturated rings. The first kappa shape index (κ1) is 12.2. The molecule has 0 aliphatic carbocycles. The van der Waals surface area contributed by atoms with Gasteiger partial charge in [-0.05, 0) is 59.9 Å². The molecule has 1 aliphatic heterocycles. The second-order valence-corrected chi connectivity index (χ2v) is 5.35. The summed E-state index contributed by atoms with van der Waals surface area (Å²) in [6.45, 7) is 5.96. The van der Waals surface area contributed by atoms with Crippen molar-refractivity contribution in [2.75, 3.05) is 13.1 Å². The van der Waals surface area contributed by atoms with Gasteiger partial charge in [0.1, 0.15) is 11.9 Å². The smallest absolute Gasteiger partial charge is 0.134 e. The van der Waals surface area contributed by atoms with E-state index in [4.69, 9.17) is 16.3 Å². The number of ether oxygens (including phenoxy) is 1. The lowest BCUT2D eigenvalue weighted by atomic mass is 10.1. The van der Waals surface area contributed by atoms with Crippen LogP contribution in [-0.4, -0.2) is 19.2 Å². The van der Waals surface area contributed by atoms with E-state index in [1.165, 1.54) is 0 Å². The normalized spacial score (nSPS) is 20.1. The van der Waals surface area contributed by atoms with Crippen molar-refractivity contribution in [1.82, 2.24) is 5.32 Å². The minimum absolute atomic E-state index is 0.274. The molecule has 1 heterocycles. The Labute approximate surface area is 109 Å². The molecule has 2 rings (SSSR count). The Morgan fingerprint density at radius 3 is 2.88 bits per heavy atom. The molecule has 4 heteroatoms. The lowest BCUT2D eigenvalue weighted by Crippen LogP contribution is -2.19. The van der Waals surface area contributed by atoms with Gasteiger partial charge < -0.3 is 10.1 Å². The third-order valence-corrected chi connectivity index (χ3v) is 4.44. The minimum Gasteiger partial charge on any atom is -0.488 e. The molecule has 1 N–H and O–H groups in total. The van der Waals surface area contributed by atoms with Crippen molar-refractivity contribution in [3.8, 4) is 5.75 Å². The predicted octanol–water partition coefficient (Wildman–Crippen LogP) is 3.46. The van der Waals surface area contributed by atoms with Crippen LogP contribution in [0.25, 0.3) is 0 Å². The Bertz CT molecular complexity index is 402. The standard InChI is InChI=1S/C12H15BrClNO/c1-7-5-10(11(13)8(2)12(7)14)16-9-3-4-15-6-9/h5,9,15H,3-4,6H2,1-2H3/t9-/m0/s1. The number of aryl methyl sites for hydroxylation is 1. The van der Waals surface area contributed by atoms with Crippen LogP contribution in [0.15, 0.2) is 10.5 Å². The average Bonchev–Trinajstić information content (AvgIpc) is 2.76. The molecule has 16 heavy (non-hydrogen) atoms. The van der Waals surface area contributed by atoms with E-state index >= 15 is 0 Å². The van der Waals surface area contributed by atoms with Crippen LogP contribution in [0.1, 0.15) is 17.5 Å². The second kappa shape index (κ2) is 4.94. The number of rotatable bonds is 2. The molecule has 2 nitrogen and oxygen atoms in total. The van der Waals surface area contributed by atoms with Crippen molar-refractivity contribution in [2.24, 2.45) is 0 Å². The largest absolute Gasteiger partial charge is 0.488 e. The van der Waals surface area contributed by atoms with Gasteiger partial charge in [-0.1, -0.05) is 11.6 Å². The van der Waals surface area contributed by atoms with Crippen molar-refractivity contribution in [2.45, 2.75) is 26.4 Å². The molecular formula is C12H15BrClNO. The number of benzene rings is 1. The van der Waals surface area contributed by atoms with Crippen LogP contribution in [0.5, 0.6) is 5.75 Å². The number of hydrogen-bond donors (Lipinski definition) is 1.